The van der Waals surface area contributed by atoms with E-state index < -0.39 is 0 Å². The molecule has 3 nitrogen and oxygen atoms in total. The van der Waals surface area contributed by atoms with Gasteiger partial charge in [0.15, 0.2) is 5.79 Å². The molecule has 1 saturated heterocycles. The Labute approximate surface area is 71.0 Å². The van der Waals surface area contributed by atoms with Crippen molar-refractivity contribution in [3.05, 3.63) is 0 Å². The molecule has 0 aromatic heterocycles. The second-order valence-electron chi connectivity index (χ2n) is 4.01. The minimum Gasteiger partial charge on any atom is -0.347 e. The van der Waals surface area contributed by atoms with Gasteiger partial charge in [0.2, 0.25) is 0 Å². The summed E-state index contributed by atoms with van der Waals surface area (Å²) in [6, 6.07) is 0. The Morgan fingerprint density at radius 3 is 2.58 bits per heavy atom. The molecule has 2 bridgehead atoms. The molecule has 0 N–H and O–H groups in total. The molecule has 1 spiro atoms. The van der Waals surface area contributed by atoms with Crippen LogP contribution < -0.4 is 0 Å². The van der Waals surface area contributed by atoms with Gasteiger partial charge in [-0.1, -0.05) is 0 Å². The normalized spacial score (nSPS) is 43.2. The summed E-state index contributed by atoms with van der Waals surface area (Å²) in [4.78, 5) is 11.3. The molecule has 12 heavy (non-hydrogen) atoms. The van der Waals surface area contributed by atoms with Gasteiger partial charge in [0, 0.05) is 24.7 Å². The molecule has 0 amide bonds. The molecule has 0 unspecified atom stereocenters. The number of carbonyl (C=O) groups excluding carboxylic acids is 1. The van der Waals surface area contributed by atoms with E-state index in [1.54, 1.807) is 0 Å². The fraction of sp³-hybridized carbons (Fsp3) is 0.889. The summed E-state index contributed by atoms with van der Waals surface area (Å²) < 4.78 is 11.2. The van der Waals surface area contributed by atoms with Crippen LogP contribution in [-0.2, 0) is 14.3 Å². The first-order valence-electron chi connectivity index (χ1n) is 4.61. The van der Waals surface area contributed by atoms with E-state index in [0.717, 1.165) is 12.8 Å². The fourth-order valence-electron chi connectivity index (χ4n) is 2.83. The van der Waals surface area contributed by atoms with Crippen LogP contribution in [0.3, 0.4) is 0 Å². The Morgan fingerprint density at radius 1 is 1.33 bits per heavy atom. The van der Waals surface area contributed by atoms with Crippen LogP contribution in [0.1, 0.15) is 19.3 Å². The SMILES string of the molecule is O=C1C[C@H]2C[C@H]1CC21OCCO1. The highest BCUT2D eigenvalue weighted by Gasteiger charge is 2.58. The van der Waals surface area contributed by atoms with Gasteiger partial charge in [-0.25, -0.2) is 0 Å². The lowest BCUT2D eigenvalue weighted by Crippen LogP contribution is -2.38. The molecule has 0 aromatic carbocycles. The minimum absolute atomic E-state index is 0.244. The van der Waals surface area contributed by atoms with E-state index in [4.69, 9.17) is 9.47 Å². The van der Waals surface area contributed by atoms with Crippen LogP contribution in [0.15, 0.2) is 0 Å². The van der Waals surface area contributed by atoms with Crippen LogP contribution in [0.25, 0.3) is 0 Å². The van der Waals surface area contributed by atoms with Crippen molar-refractivity contribution in [3.8, 4) is 0 Å². The van der Waals surface area contributed by atoms with Crippen LogP contribution in [0.5, 0.6) is 0 Å². The molecular weight excluding hydrogens is 156 g/mol. The first kappa shape index (κ1) is 7.04. The molecule has 3 heteroatoms. The van der Waals surface area contributed by atoms with E-state index in [2.05, 4.69) is 0 Å². The van der Waals surface area contributed by atoms with Crippen LogP contribution in [-0.4, -0.2) is 24.8 Å². The molecule has 0 radical (unpaired) electrons. The molecule has 2 saturated carbocycles. The third-order valence-electron chi connectivity index (χ3n) is 3.40. The van der Waals surface area contributed by atoms with Crippen molar-refractivity contribution >= 4 is 5.78 Å². The van der Waals surface area contributed by atoms with Crippen molar-refractivity contribution in [2.45, 2.75) is 25.0 Å². The van der Waals surface area contributed by atoms with Gasteiger partial charge in [-0.2, -0.15) is 0 Å². The highest BCUT2D eigenvalue weighted by atomic mass is 16.7. The van der Waals surface area contributed by atoms with E-state index in [1.807, 2.05) is 0 Å². The van der Waals surface area contributed by atoms with Crippen molar-refractivity contribution in [1.29, 1.82) is 0 Å². The van der Waals surface area contributed by atoms with Crippen LogP contribution >= 0.6 is 0 Å². The quantitative estimate of drug-likeness (QED) is 0.535. The fourth-order valence-corrected chi connectivity index (χ4v) is 2.83. The highest BCUT2D eigenvalue weighted by molar-refractivity contribution is 5.84. The van der Waals surface area contributed by atoms with E-state index in [9.17, 15) is 4.79 Å². The van der Waals surface area contributed by atoms with Gasteiger partial charge in [0.25, 0.3) is 0 Å². The molecule has 1 heterocycles. The molecule has 3 rings (SSSR count). The lowest BCUT2D eigenvalue weighted by atomic mass is 9.93. The van der Waals surface area contributed by atoms with E-state index in [0.29, 0.717) is 31.3 Å². The molecule has 2 aliphatic carbocycles. The Balaban J connectivity index is 1.89. The summed E-state index contributed by atoms with van der Waals surface area (Å²) in [5.41, 5.74) is 0. The van der Waals surface area contributed by atoms with Gasteiger partial charge in [-0.3, -0.25) is 4.79 Å². The first-order chi connectivity index (χ1) is 5.80. The van der Waals surface area contributed by atoms with Crippen molar-refractivity contribution in [1.82, 2.24) is 0 Å². The van der Waals surface area contributed by atoms with Crippen molar-refractivity contribution < 1.29 is 14.3 Å². The van der Waals surface area contributed by atoms with Gasteiger partial charge in [0.1, 0.15) is 5.78 Å². The largest absolute Gasteiger partial charge is 0.347 e. The lowest BCUT2D eigenvalue weighted by molar-refractivity contribution is -0.191. The Hall–Kier alpha value is -0.410. The zero-order valence-corrected chi connectivity index (χ0v) is 6.91. The third kappa shape index (κ3) is 0.709. The Bertz CT molecular complexity index is 230. The maximum absolute atomic E-state index is 11.3. The second kappa shape index (κ2) is 2.09. The van der Waals surface area contributed by atoms with Crippen molar-refractivity contribution in [2.75, 3.05) is 13.2 Å². The van der Waals surface area contributed by atoms with Gasteiger partial charge >= 0.3 is 0 Å². The summed E-state index contributed by atoms with van der Waals surface area (Å²) in [5.74, 6) is 0.689. The lowest BCUT2D eigenvalue weighted by Gasteiger charge is -2.30. The third-order valence-corrected chi connectivity index (χ3v) is 3.40. The number of ether oxygens (including phenoxy) is 2. The van der Waals surface area contributed by atoms with Crippen molar-refractivity contribution in [2.24, 2.45) is 11.8 Å². The van der Waals surface area contributed by atoms with Crippen LogP contribution in [0, 0.1) is 11.8 Å². The van der Waals surface area contributed by atoms with E-state index in [-0.39, 0.29) is 11.7 Å². The summed E-state index contributed by atoms with van der Waals surface area (Å²) in [7, 11) is 0. The first-order valence-corrected chi connectivity index (χ1v) is 4.61. The van der Waals surface area contributed by atoms with Gasteiger partial charge in [0.05, 0.1) is 13.2 Å². The van der Waals surface area contributed by atoms with Gasteiger partial charge < -0.3 is 9.47 Å². The maximum atomic E-state index is 11.3. The number of ketones is 1. The second-order valence-corrected chi connectivity index (χ2v) is 4.01. The molecule has 66 valence electrons. The predicted molar refractivity (Wildman–Crippen MR) is 40.5 cm³/mol. The van der Waals surface area contributed by atoms with E-state index >= 15 is 0 Å². The molecular formula is C9H12O3. The molecule has 1 aliphatic heterocycles. The van der Waals surface area contributed by atoms with Crippen molar-refractivity contribution in [3.63, 3.8) is 0 Å². The smallest absolute Gasteiger partial charge is 0.172 e. The summed E-state index contributed by atoms with van der Waals surface area (Å²) in [6.45, 7) is 1.41. The van der Waals surface area contributed by atoms with Crippen LogP contribution in [0.2, 0.25) is 0 Å². The topological polar surface area (TPSA) is 35.5 Å². The monoisotopic (exact) mass is 168 g/mol. The highest BCUT2D eigenvalue weighted by Crippen LogP contribution is 2.52. The van der Waals surface area contributed by atoms with Gasteiger partial charge in [-0.15, -0.1) is 0 Å². The summed E-state index contributed by atoms with van der Waals surface area (Å²) in [5, 5.41) is 0. The average molecular weight is 168 g/mol. The number of hydrogen-bond acceptors (Lipinski definition) is 3. The Morgan fingerprint density at radius 2 is 2.08 bits per heavy atom. The Kier molecular flexibility index (Phi) is 1.23. The number of fused-ring (bicyclic) bond motifs is 3. The zero-order chi connectivity index (χ0) is 8.18. The molecule has 0 aromatic rings. The minimum atomic E-state index is -0.335. The molecule has 2 atom stereocenters. The standard InChI is InChI=1S/C9H12O3/c10-8-4-7-3-6(8)5-9(7)11-1-2-12-9/h6-7H,1-5H2/t6-,7+/m0/s1. The average Bonchev–Trinajstić information content (AvgIpc) is 2.68. The molecule has 3 fully saturated rings. The predicted octanol–water partition coefficient (Wildman–Crippen LogP) is 0.728. The summed E-state index contributed by atoms with van der Waals surface area (Å²) >= 11 is 0. The number of Topliss-reactive ketones (excluding diaryl/α,β-unsaturated/α-hetero) is 1. The number of rotatable bonds is 0. The van der Waals surface area contributed by atoms with Gasteiger partial charge in [-0.05, 0) is 6.42 Å². The summed E-state index contributed by atoms with van der Waals surface area (Å²) in [6.07, 6.45) is 2.50. The van der Waals surface area contributed by atoms with Crippen LogP contribution in [0.4, 0.5) is 0 Å². The number of hydrogen-bond donors (Lipinski definition) is 0. The number of carbonyl (C=O) groups is 1. The zero-order valence-electron chi connectivity index (χ0n) is 6.91. The molecule has 3 aliphatic rings. The maximum Gasteiger partial charge on any atom is 0.172 e. The van der Waals surface area contributed by atoms with E-state index in [1.165, 1.54) is 0 Å².